The third-order valence-electron chi connectivity index (χ3n) is 2.40. The molecule has 0 amide bonds. The summed E-state index contributed by atoms with van der Waals surface area (Å²) in [5, 5.41) is 8.26. The first-order chi connectivity index (χ1) is 5.68. The molecule has 0 spiro atoms. The number of nitrogens with zero attached hydrogens (tertiary/aromatic N) is 4. The fourth-order valence-corrected chi connectivity index (χ4v) is 1.30. The van der Waals surface area contributed by atoms with E-state index in [4.69, 9.17) is 0 Å². The summed E-state index contributed by atoms with van der Waals surface area (Å²) in [7, 11) is 0. The van der Waals surface area contributed by atoms with Crippen LogP contribution in [0.4, 0.5) is 0 Å². The molecule has 1 aromatic heterocycles. The molecule has 1 aromatic rings. The van der Waals surface area contributed by atoms with Gasteiger partial charge in [0.2, 0.25) is 0 Å². The van der Waals surface area contributed by atoms with Crippen LogP contribution < -0.4 is 0 Å². The Labute approximate surface area is 71.3 Å². The monoisotopic (exact) mass is 164 g/mol. The zero-order valence-electron chi connectivity index (χ0n) is 7.36. The van der Waals surface area contributed by atoms with Crippen molar-refractivity contribution >= 4 is 5.71 Å². The molecule has 1 aliphatic carbocycles. The topological polar surface area (TPSA) is 43.1 Å². The van der Waals surface area contributed by atoms with Crippen LogP contribution in [-0.4, -0.2) is 20.6 Å². The zero-order chi connectivity index (χ0) is 8.60. The third-order valence-corrected chi connectivity index (χ3v) is 2.40. The molecule has 0 aliphatic heterocycles. The maximum atomic E-state index is 4.34. The Morgan fingerprint density at radius 2 is 2.42 bits per heavy atom. The molecule has 0 unspecified atom stereocenters. The second-order valence-electron chi connectivity index (χ2n) is 3.75. The van der Waals surface area contributed by atoms with E-state index < -0.39 is 0 Å². The van der Waals surface area contributed by atoms with E-state index in [9.17, 15) is 0 Å². The van der Waals surface area contributed by atoms with Crippen LogP contribution >= 0.6 is 0 Å². The summed E-state index contributed by atoms with van der Waals surface area (Å²) in [6.07, 6.45) is 5.42. The summed E-state index contributed by atoms with van der Waals surface area (Å²) in [5.74, 6) is 0. The van der Waals surface area contributed by atoms with Crippen molar-refractivity contribution in [1.82, 2.24) is 14.9 Å². The molecule has 0 saturated heterocycles. The van der Waals surface area contributed by atoms with Crippen LogP contribution in [0.15, 0.2) is 17.8 Å². The van der Waals surface area contributed by atoms with Crippen molar-refractivity contribution in [3.63, 3.8) is 0 Å². The highest BCUT2D eigenvalue weighted by atomic mass is 15.5. The quantitative estimate of drug-likeness (QED) is 0.628. The summed E-state index contributed by atoms with van der Waals surface area (Å²) >= 11 is 0. The normalized spacial score (nSPS) is 24.0. The molecule has 1 fully saturated rings. The van der Waals surface area contributed by atoms with Crippen molar-refractivity contribution in [1.29, 1.82) is 0 Å². The molecule has 0 bridgehead atoms. The molecular formula is C8H12N4. The maximum Gasteiger partial charge on any atom is 0.139 e. The fraction of sp³-hybridized carbons (Fsp3) is 0.625. The van der Waals surface area contributed by atoms with Crippen molar-refractivity contribution in [3.8, 4) is 0 Å². The van der Waals surface area contributed by atoms with Crippen LogP contribution in [0.1, 0.15) is 26.7 Å². The first kappa shape index (κ1) is 7.46. The largest absolute Gasteiger partial charge is 0.221 e. The van der Waals surface area contributed by atoms with Gasteiger partial charge in [0, 0.05) is 11.1 Å². The van der Waals surface area contributed by atoms with Gasteiger partial charge in [0.25, 0.3) is 0 Å². The van der Waals surface area contributed by atoms with Crippen LogP contribution in [0.2, 0.25) is 0 Å². The Kier molecular flexibility index (Phi) is 1.49. The molecule has 0 atom stereocenters. The fourth-order valence-electron chi connectivity index (χ4n) is 1.30. The van der Waals surface area contributed by atoms with Crippen molar-refractivity contribution in [3.05, 3.63) is 12.7 Å². The van der Waals surface area contributed by atoms with Gasteiger partial charge in [-0.25, -0.2) is 4.98 Å². The molecule has 1 heterocycles. The molecule has 0 aromatic carbocycles. The van der Waals surface area contributed by atoms with Gasteiger partial charge < -0.3 is 0 Å². The minimum absolute atomic E-state index is 0.270. The molecule has 4 heteroatoms. The second kappa shape index (κ2) is 2.40. The molecule has 0 radical (unpaired) electrons. The number of rotatable bonds is 1. The highest BCUT2D eigenvalue weighted by Crippen LogP contribution is 2.36. The van der Waals surface area contributed by atoms with E-state index in [1.807, 2.05) is 0 Å². The van der Waals surface area contributed by atoms with Crippen molar-refractivity contribution in [2.24, 2.45) is 10.5 Å². The Balaban J connectivity index is 2.20. The number of aromatic nitrogens is 3. The van der Waals surface area contributed by atoms with Gasteiger partial charge in [-0.3, -0.25) is 0 Å². The summed E-state index contributed by atoms with van der Waals surface area (Å²) in [4.78, 5) is 5.35. The first-order valence-corrected chi connectivity index (χ1v) is 4.11. The third kappa shape index (κ3) is 1.13. The zero-order valence-corrected chi connectivity index (χ0v) is 7.36. The van der Waals surface area contributed by atoms with Crippen LogP contribution in [0.5, 0.6) is 0 Å². The van der Waals surface area contributed by atoms with Gasteiger partial charge in [-0.1, -0.05) is 13.8 Å². The lowest BCUT2D eigenvalue weighted by Gasteiger charge is -2.35. The van der Waals surface area contributed by atoms with Gasteiger partial charge in [0.1, 0.15) is 12.7 Å². The summed E-state index contributed by atoms with van der Waals surface area (Å²) < 4.78 is 0. The highest BCUT2D eigenvalue weighted by molar-refractivity contribution is 5.94. The van der Waals surface area contributed by atoms with Crippen molar-refractivity contribution < 1.29 is 0 Å². The average molecular weight is 164 g/mol. The Morgan fingerprint density at radius 3 is 2.83 bits per heavy atom. The Morgan fingerprint density at radius 1 is 1.58 bits per heavy atom. The lowest BCUT2D eigenvalue weighted by atomic mass is 9.70. The highest BCUT2D eigenvalue weighted by Gasteiger charge is 2.34. The Hall–Kier alpha value is -1.19. The minimum Gasteiger partial charge on any atom is -0.221 e. The van der Waals surface area contributed by atoms with Gasteiger partial charge in [0.05, 0.1) is 0 Å². The SMILES string of the molecule is CC1(C)CC/C1=N/n1cncn1. The average Bonchev–Trinajstić information content (AvgIpc) is 2.50. The van der Waals surface area contributed by atoms with E-state index in [0.29, 0.717) is 0 Å². The van der Waals surface area contributed by atoms with Gasteiger partial charge in [-0.05, 0) is 12.8 Å². The summed E-state index contributed by atoms with van der Waals surface area (Å²) in [6, 6.07) is 0. The number of hydrogen-bond donors (Lipinski definition) is 0. The predicted octanol–water partition coefficient (Wildman–Crippen LogP) is 1.30. The molecule has 1 saturated carbocycles. The van der Waals surface area contributed by atoms with E-state index in [2.05, 4.69) is 29.0 Å². The molecular weight excluding hydrogens is 152 g/mol. The molecule has 12 heavy (non-hydrogen) atoms. The van der Waals surface area contributed by atoms with Gasteiger partial charge >= 0.3 is 0 Å². The van der Waals surface area contributed by atoms with Gasteiger partial charge in [-0.2, -0.15) is 5.10 Å². The maximum absolute atomic E-state index is 4.34. The lowest BCUT2D eigenvalue weighted by molar-refractivity contribution is 0.401. The molecule has 0 N–H and O–H groups in total. The lowest BCUT2D eigenvalue weighted by Crippen LogP contribution is -2.35. The molecule has 4 nitrogen and oxygen atoms in total. The van der Waals surface area contributed by atoms with Crippen molar-refractivity contribution in [2.45, 2.75) is 26.7 Å². The van der Waals surface area contributed by atoms with E-state index in [1.54, 1.807) is 6.33 Å². The number of hydrogen-bond acceptors (Lipinski definition) is 3. The van der Waals surface area contributed by atoms with E-state index in [0.717, 1.165) is 6.42 Å². The smallest absolute Gasteiger partial charge is 0.139 e. The van der Waals surface area contributed by atoms with E-state index >= 15 is 0 Å². The van der Waals surface area contributed by atoms with Crippen molar-refractivity contribution in [2.75, 3.05) is 0 Å². The summed E-state index contributed by atoms with van der Waals surface area (Å²) in [6.45, 7) is 4.40. The van der Waals surface area contributed by atoms with Gasteiger partial charge in [-0.15, -0.1) is 9.89 Å². The molecule has 2 rings (SSSR count). The van der Waals surface area contributed by atoms with Crippen LogP contribution in [0.25, 0.3) is 0 Å². The molecule has 1 aliphatic rings. The summed E-state index contributed by atoms with van der Waals surface area (Å²) in [5.41, 5.74) is 1.49. The minimum atomic E-state index is 0.270. The van der Waals surface area contributed by atoms with Crippen LogP contribution in [0, 0.1) is 5.41 Å². The predicted molar refractivity (Wildman–Crippen MR) is 45.9 cm³/mol. The Bertz CT molecular complexity index is 297. The van der Waals surface area contributed by atoms with E-state index in [-0.39, 0.29) is 5.41 Å². The van der Waals surface area contributed by atoms with E-state index in [1.165, 1.54) is 23.3 Å². The second-order valence-corrected chi connectivity index (χ2v) is 3.75. The molecule has 64 valence electrons. The first-order valence-electron chi connectivity index (χ1n) is 4.11. The van der Waals surface area contributed by atoms with Crippen LogP contribution in [0.3, 0.4) is 0 Å². The standard InChI is InChI=1S/C8H12N4/c1-8(2)4-3-7(8)11-12-6-9-5-10-12/h5-6H,3-4H2,1-2H3/b11-7-. The van der Waals surface area contributed by atoms with Gasteiger partial charge in [0.15, 0.2) is 0 Å². The van der Waals surface area contributed by atoms with Crippen LogP contribution in [-0.2, 0) is 0 Å².